The number of benzene rings is 1. The Balaban J connectivity index is 1.36. The van der Waals surface area contributed by atoms with E-state index in [1.807, 2.05) is 0 Å². The fraction of sp³-hybridized carbons (Fsp3) is 0.435. The minimum Gasteiger partial charge on any atom is -0.456 e. The van der Waals surface area contributed by atoms with Crippen LogP contribution in [-0.2, 0) is 4.79 Å². The molecule has 4 bridgehead atoms. The molecule has 4 fully saturated rings. The number of hydrogen-bond donors (Lipinski definition) is 0. The topological polar surface area (TPSA) is 73.3 Å². The minimum absolute atomic E-state index is 0.0111. The summed E-state index contributed by atoms with van der Waals surface area (Å²) in [4.78, 5) is 23.9. The van der Waals surface area contributed by atoms with Gasteiger partial charge in [-0.2, -0.15) is 0 Å². The molecule has 28 heavy (non-hydrogen) atoms. The number of allylic oxidation sites excluding steroid dienone is 1. The minimum atomic E-state index is -0.413. The SMILES string of the molecule is O=C(/C=C/c1ccc(-c2ccccc2[N+](=O)[O-])o1)C12CC3CC(CC(C3)C1)C2. The molecule has 0 saturated heterocycles. The van der Waals surface area contributed by atoms with Crippen LogP contribution in [0.25, 0.3) is 17.4 Å². The number of ketones is 1. The van der Waals surface area contributed by atoms with Crippen molar-refractivity contribution in [1.82, 2.24) is 0 Å². The zero-order chi connectivity index (χ0) is 19.3. The third-order valence-electron chi connectivity index (χ3n) is 6.95. The number of carbonyl (C=O) groups is 1. The molecule has 0 radical (unpaired) electrons. The summed E-state index contributed by atoms with van der Waals surface area (Å²) in [6.45, 7) is 0. The maximum Gasteiger partial charge on any atom is 0.280 e. The summed E-state index contributed by atoms with van der Waals surface area (Å²) in [6, 6.07) is 9.99. The average molecular weight is 377 g/mol. The van der Waals surface area contributed by atoms with Crippen molar-refractivity contribution in [2.45, 2.75) is 38.5 Å². The number of hydrogen-bond acceptors (Lipinski definition) is 4. The Hall–Kier alpha value is -2.69. The van der Waals surface area contributed by atoms with Crippen LogP contribution in [0.2, 0.25) is 0 Å². The molecule has 1 aromatic carbocycles. The molecule has 0 amide bonds. The first-order chi connectivity index (χ1) is 13.5. The van der Waals surface area contributed by atoms with Crippen LogP contribution in [-0.4, -0.2) is 10.7 Å². The van der Waals surface area contributed by atoms with Gasteiger partial charge in [0.15, 0.2) is 5.78 Å². The fourth-order valence-corrected chi connectivity index (χ4v) is 6.18. The zero-order valence-electron chi connectivity index (χ0n) is 15.7. The van der Waals surface area contributed by atoms with Crippen LogP contribution >= 0.6 is 0 Å². The van der Waals surface area contributed by atoms with Crippen molar-refractivity contribution in [2.24, 2.45) is 23.2 Å². The maximum absolute atomic E-state index is 13.1. The monoisotopic (exact) mass is 377 g/mol. The quantitative estimate of drug-likeness (QED) is 0.383. The van der Waals surface area contributed by atoms with E-state index >= 15 is 0 Å². The molecule has 0 unspecified atom stereocenters. The highest BCUT2D eigenvalue weighted by Gasteiger charge is 2.53. The third-order valence-corrected chi connectivity index (χ3v) is 6.95. The van der Waals surface area contributed by atoms with Gasteiger partial charge in [0.05, 0.1) is 10.5 Å². The Bertz CT molecular complexity index is 935. The number of carbonyl (C=O) groups excluding carboxylic acids is 1. The molecule has 6 rings (SSSR count). The first-order valence-corrected chi connectivity index (χ1v) is 10.1. The smallest absolute Gasteiger partial charge is 0.280 e. The van der Waals surface area contributed by atoms with E-state index < -0.39 is 4.92 Å². The lowest BCUT2D eigenvalue weighted by Crippen LogP contribution is -2.49. The van der Waals surface area contributed by atoms with Gasteiger partial charge in [0.25, 0.3) is 5.69 Å². The molecular weight excluding hydrogens is 354 g/mol. The van der Waals surface area contributed by atoms with Crippen molar-refractivity contribution in [3.63, 3.8) is 0 Å². The first-order valence-electron chi connectivity index (χ1n) is 10.1. The summed E-state index contributed by atoms with van der Waals surface area (Å²) < 4.78 is 5.79. The van der Waals surface area contributed by atoms with E-state index in [9.17, 15) is 14.9 Å². The van der Waals surface area contributed by atoms with Gasteiger partial charge in [-0.05, 0) is 86.6 Å². The van der Waals surface area contributed by atoms with Crippen LogP contribution in [0.15, 0.2) is 46.9 Å². The van der Waals surface area contributed by atoms with Crippen LogP contribution in [0.1, 0.15) is 44.3 Å². The van der Waals surface area contributed by atoms with Gasteiger partial charge in [-0.15, -0.1) is 0 Å². The lowest BCUT2D eigenvalue weighted by Gasteiger charge is -2.55. The normalized spacial score (nSPS) is 30.8. The lowest BCUT2D eigenvalue weighted by atomic mass is 9.48. The Morgan fingerprint density at radius 1 is 1.04 bits per heavy atom. The standard InChI is InChI=1S/C23H23NO4/c25-22(23-12-15-9-16(13-23)11-17(10-15)14-23)8-6-18-5-7-21(28-18)19-3-1-2-4-20(19)24(26)27/h1-8,15-17H,9-14H2/b8-6+. The molecule has 4 aliphatic rings. The van der Waals surface area contributed by atoms with Gasteiger partial charge in [-0.3, -0.25) is 14.9 Å². The second-order valence-corrected chi connectivity index (χ2v) is 8.87. The van der Waals surface area contributed by atoms with E-state index in [1.54, 1.807) is 42.5 Å². The van der Waals surface area contributed by atoms with Gasteiger partial charge in [-0.1, -0.05) is 12.1 Å². The van der Waals surface area contributed by atoms with E-state index in [-0.39, 0.29) is 16.9 Å². The Morgan fingerprint density at radius 2 is 1.68 bits per heavy atom. The lowest BCUT2D eigenvalue weighted by molar-refractivity contribution is -0.384. The molecule has 0 aliphatic heterocycles. The van der Waals surface area contributed by atoms with Gasteiger partial charge in [0.2, 0.25) is 0 Å². The van der Waals surface area contributed by atoms with Crippen molar-refractivity contribution in [3.8, 4) is 11.3 Å². The average Bonchev–Trinajstić information content (AvgIpc) is 3.14. The number of rotatable bonds is 5. The van der Waals surface area contributed by atoms with Crippen molar-refractivity contribution in [3.05, 3.63) is 58.3 Å². The molecule has 144 valence electrons. The molecule has 0 N–H and O–H groups in total. The third kappa shape index (κ3) is 2.89. The fourth-order valence-electron chi connectivity index (χ4n) is 6.18. The van der Waals surface area contributed by atoms with Gasteiger partial charge >= 0.3 is 0 Å². The summed E-state index contributed by atoms with van der Waals surface area (Å²) in [5, 5.41) is 11.2. The van der Waals surface area contributed by atoms with E-state index in [2.05, 4.69) is 0 Å². The van der Waals surface area contributed by atoms with Gasteiger partial charge in [0.1, 0.15) is 11.5 Å². The highest BCUT2D eigenvalue weighted by atomic mass is 16.6. The van der Waals surface area contributed by atoms with E-state index in [1.165, 1.54) is 25.3 Å². The second kappa shape index (κ2) is 6.43. The second-order valence-electron chi connectivity index (χ2n) is 8.87. The summed E-state index contributed by atoms with van der Waals surface area (Å²) in [7, 11) is 0. The van der Waals surface area contributed by atoms with Crippen molar-refractivity contribution >= 4 is 17.5 Å². The summed E-state index contributed by atoms with van der Waals surface area (Å²) >= 11 is 0. The highest BCUT2D eigenvalue weighted by molar-refractivity contribution is 5.98. The molecule has 4 saturated carbocycles. The molecule has 1 aromatic heterocycles. The Morgan fingerprint density at radius 3 is 2.32 bits per heavy atom. The van der Waals surface area contributed by atoms with Crippen LogP contribution in [0.5, 0.6) is 0 Å². The maximum atomic E-state index is 13.1. The van der Waals surface area contributed by atoms with Crippen LogP contribution in [0.3, 0.4) is 0 Å². The molecule has 5 nitrogen and oxygen atoms in total. The zero-order valence-corrected chi connectivity index (χ0v) is 15.7. The predicted molar refractivity (Wildman–Crippen MR) is 105 cm³/mol. The molecule has 4 aliphatic carbocycles. The van der Waals surface area contributed by atoms with E-state index in [4.69, 9.17) is 4.42 Å². The largest absolute Gasteiger partial charge is 0.456 e. The number of para-hydroxylation sites is 1. The molecule has 1 heterocycles. The highest BCUT2D eigenvalue weighted by Crippen LogP contribution is 2.60. The Labute approximate surface area is 163 Å². The van der Waals surface area contributed by atoms with Gasteiger partial charge < -0.3 is 4.42 Å². The molecule has 0 spiro atoms. The molecule has 0 atom stereocenters. The number of furan rings is 1. The van der Waals surface area contributed by atoms with E-state index in [0.717, 1.165) is 37.0 Å². The Kier molecular flexibility index (Phi) is 4.00. The van der Waals surface area contributed by atoms with Crippen LogP contribution in [0.4, 0.5) is 5.69 Å². The van der Waals surface area contributed by atoms with Gasteiger partial charge in [-0.25, -0.2) is 0 Å². The number of nitro groups is 1. The molecular formula is C23H23NO4. The van der Waals surface area contributed by atoms with Crippen LogP contribution < -0.4 is 0 Å². The molecule has 2 aromatic rings. The number of nitrogens with zero attached hydrogens (tertiary/aromatic N) is 1. The summed E-state index contributed by atoms with van der Waals surface area (Å²) in [5.74, 6) is 3.42. The van der Waals surface area contributed by atoms with Gasteiger partial charge in [0, 0.05) is 11.5 Å². The summed E-state index contributed by atoms with van der Waals surface area (Å²) in [6.07, 6.45) is 10.5. The summed E-state index contributed by atoms with van der Waals surface area (Å²) in [5.41, 5.74) is 0.301. The first kappa shape index (κ1) is 17.4. The van der Waals surface area contributed by atoms with E-state index in [0.29, 0.717) is 17.1 Å². The van der Waals surface area contributed by atoms with Crippen LogP contribution in [0, 0.1) is 33.3 Å². The van der Waals surface area contributed by atoms with Crippen molar-refractivity contribution in [1.29, 1.82) is 0 Å². The number of nitro benzene ring substituents is 1. The van der Waals surface area contributed by atoms with Crippen molar-refractivity contribution in [2.75, 3.05) is 0 Å². The predicted octanol–water partition coefficient (Wildman–Crippen LogP) is 5.65. The van der Waals surface area contributed by atoms with Crippen molar-refractivity contribution < 1.29 is 14.1 Å². The molecule has 5 heteroatoms.